The predicted octanol–water partition coefficient (Wildman–Crippen LogP) is 3.48. The van der Waals surface area contributed by atoms with Gasteiger partial charge in [0, 0.05) is 43.7 Å². The molecule has 2 aromatic rings. The van der Waals surface area contributed by atoms with Crippen LogP contribution in [-0.2, 0) is 13.1 Å². The lowest BCUT2D eigenvalue weighted by molar-refractivity contribution is 0.135. The van der Waals surface area contributed by atoms with Gasteiger partial charge >= 0.3 is 6.03 Å². The van der Waals surface area contributed by atoms with Crippen molar-refractivity contribution in [3.63, 3.8) is 0 Å². The normalized spacial score (nSPS) is 15.3. The van der Waals surface area contributed by atoms with Crippen molar-refractivity contribution < 1.29 is 4.79 Å². The number of carbonyl (C=O) groups is 1. The van der Waals surface area contributed by atoms with Gasteiger partial charge in [0.05, 0.1) is 0 Å². The molecule has 2 aromatic carbocycles. The highest BCUT2D eigenvalue weighted by Crippen LogP contribution is 2.12. The van der Waals surface area contributed by atoms with E-state index in [9.17, 15) is 4.79 Å². The van der Waals surface area contributed by atoms with Crippen molar-refractivity contribution in [1.82, 2.24) is 15.1 Å². The van der Waals surface area contributed by atoms with Crippen LogP contribution in [0.15, 0.2) is 59.1 Å². The summed E-state index contributed by atoms with van der Waals surface area (Å²) in [5.74, 6) is 0. The average Bonchev–Trinajstić information content (AvgIpc) is 2.61. The van der Waals surface area contributed by atoms with Crippen molar-refractivity contribution in [2.24, 2.45) is 0 Å². The van der Waals surface area contributed by atoms with Gasteiger partial charge in [0.2, 0.25) is 0 Å². The molecule has 1 heterocycles. The van der Waals surface area contributed by atoms with E-state index >= 15 is 0 Å². The van der Waals surface area contributed by atoms with Gasteiger partial charge in [-0.15, -0.1) is 0 Å². The number of amides is 2. The van der Waals surface area contributed by atoms with Crippen LogP contribution in [0.2, 0.25) is 0 Å². The Morgan fingerprint density at radius 3 is 2.38 bits per heavy atom. The van der Waals surface area contributed by atoms with E-state index in [1.807, 2.05) is 35.2 Å². The van der Waals surface area contributed by atoms with Crippen molar-refractivity contribution in [3.8, 4) is 0 Å². The minimum atomic E-state index is 0.0225. The van der Waals surface area contributed by atoms with Crippen LogP contribution in [0, 0.1) is 0 Å². The molecule has 4 nitrogen and oxygen atoms in total. The quantitative estimate of drug-likeness (QED) is 0.871. The monoisotopic (exact) mass is 387 g/mol. The summed E-state index contributed by atoms with van der Waals surface area (Å²) in [5.41, 5.74) is 2.42. The number of carbonyl (C=O) groups excluding carboxylic acids is 1. The number of piperazine rings is 1. The summed E-state index contributed by atoms with van der Waals surface area (Å²) in [6, 6.07) is 18.5. The van der Waals surface area contributed by atoms with E-state index in [4.69, 9.17) is 0 Å². The maximum atomic E-state index is 12.3. The average molecular weight is 388 g/mol. The number of rotatable bonds is 4. The molecule has 2 amide bonds. The largest absolute Gasteiger partial charge is 0.334 e. The second kappa shape index (κ2) is 8.31. The molecular weight excluding hydrogens is 366 g/mol. The third-order valence-corrected chi connectivity index (χ3v) is 4.73. The topological polar surface area (TPSA) is 35.6 Å². The highest BCUT2D eigenvalue weighted by molar-refractivity contribution is 9.10. The Morgan fingerprint density at radius 2 is 1.67 bits per heavy atom. The van der Waals surface area contributed by atoms with Crippen LogP contribution in [-0.4, -0.2) is 42.0 Å². The molecule has 1 aliphatic heterocycles. The standard InChI is InChI=1S/C19H22BrN3O/c20-18-8-4-7-17(13-18)14-21-19(24)23-11-9-22(10-12-23)15-16-5-2-1-3-6-16/h1-8,13H,9-12,14-15H2,(H,21,24). The molecule has 0 spiro atoms. The second-order valence-corrected chi connectivity index (χ2v) is 6.95. The summed E-state index contributed by atoms with van der Waals surface area (Å²) in [6.07, 6.45) is 0. The minimum absolute atomic E-state index is 0.0225. The van der Waals surface area contributed by atoms with Crippen molar-refractivity contribution in [3.05, 3.63) is 70.2 Å². The zero-order chi connectivity index (χ0) is 16.8. The van der Waals surface area contributed by atoms with E-state index in [0.29, 0.717) is 6.54 Å². The van der Waals surface area contributed by atoms with Crippen LogP contribution in [0.5, 0.6) is 0 Å². The number of hydrogen-bond donors (Lipinski definition) is 1. The molecule has 0 saturated carbocycles. The van der Waals surface area contributed by atoms with E-state index in [-0.39, 0.29) is 6.03 Å². The minimum Gasteiger partial charge on any atom is -0.334 e. The van der Waals surface area contributed by atoms with Gasteiger partial charge in [-0.2, -0.15) is 0 Å². The van der Waals surface area contributed by atoms with Gasteiger partial charge in [-0.05, 0) is 23.3 Å². The van der Waals surface area contributed by atoms with Gasteiger partial charge in [0.25, 0.3) is 0 Å². The van der Waals surface area contributed by atoms with Crippen molar-refractivity contribution in [2.75, 3.05) is 26.2 Å². The first-order valence-electron chi connectivity index (χ1n) is 8.24. The number of benzene rings is 2. The smallest absolute Gasteiger partial charge is 0.317 e. The lowest BCUT2D eigenvalue weighted by Crippen LogP contribution is -2.51. The molecule has 1 aliphatic rings. The second-order valence-electron chi connectivity index (χ2n) is 6.04. The maximum Gasteiger partial charge on any atom is 0.317 e. The molecule has 0 atom stereocenters. The third-order valence-electron chi connectivity index (χ3n) is 4.24. The summed E-state index contributed by atoms with van der Waals surface area (Å²) < 4.78 is 1.03. The first-order chi connectivity index (χ1) is 11.7. The first kappa shape index (κ1) is 17.0. The van der Waals surface area contributed by atoms with E-state index in [1.54, 1.807) is 0 Å². The Labute approximate surface area is 151 Å². The molecule has 0 unspecified atom stereocenters. The van der Waals surface area contributed by atoms with E-state index in [2.05, 4.69) is 50.4 Å². The SMILES string of the molecule is O=C(NCc1cccc(Br)c1)N1CCN(Cc2ccccc2)CC1. The summed E-state index contributed by atoms with van der Waals surface area (Å²) in [4.78, 5) is 16.6. The van der Waals surface area contributed by atoms with Gasteiger partial charge in [-0.25, -0.2) is 4.79 Å². The first-order valence-corrected chi connectivity index (χ1v) is 9.03. The molecule has 126 valence electrons. The van der Waals surface area contributed by atoms with Crippen molar-refractivity contribution in [1.29, 1.82) is 0 Å². The summed E-state index contributed by atoms with van der Waals surface area (Å²) in [5, 5.41) is 3.01. The molecular formula is C19H22BrN3O. The molecule has 24 heavy (non-hydrogen) atoms. The van der Waals surface area contributed by atoms with E-state index in [1.165, 1.54) is 5.56 Å². The Bertz CT molecular complexity index is 669. The predicted molar refractivity (Wildman–Crippen MR) is 99.7 cm³/mol. The fourth-order valence-electron chi connectivity index (χ4n) is 2.89. The number of nitrogens with one attached hydrogen (secondary N) is 1. The zero-order valence-electron chi connectivity index (χ0n) is 13.6. The number of hydrogen-bond acceptors (Lipinski definition) is 2. The molecule has 5 heteroatoms. The highest BCUT2D eigenvalue weighted by atomic mass is 79.9. The van der Waals surface area contributed by atoms with Crippen molar-refractivity contribution in [2.45, 2.75) is 13.1 Å². The lowest BCUT2D eigenvalue weighted by Gasteiger charge is -2.34. The van der Waals surface area contributed by atoms with Gasteiger partial charge < -0.3 is 10.2 Å². The fraction of sp³-hybridized carbons (Fsp3) is 0.316. The molecule has 0 aromatic heterocycles. The molecule has 1 saturated heterocycles. The number of halogens is 1. The lowest BCUT2D eigenvalue weighted by atomic mass is 10.2. The molecule has 1 N–H and O–H groups in total. The molecule has 0 radical (unpaired) electrons. The van der Waals surface area contributed by atoms with Crippen LogP contribution in [0.3, 0.4) is 0 Å². The van der Waals surface area contributed by atoms with Crippen LogP contribution in [0.25, 0.3) is 0 Å². The zero-order valence-corrected chi connectivity index (χ0v) is 15.2. The van der Waals surface area contributed by atoms with Crippen molar-refractivity contribution >= 4 is 22.0 Å². The number of urea groups is 1. The summed E-state index contributed by atoms with van der Waals surface area (Å²) >= 11 is 3.45. The molecule has 1 fully saturated rings. The number of nitrogens with zero attached hydrogens (tertiary/aromatic N) is 2. The third kappa shape index (κ3) is 4.82. The Morgan fingerprint density at radius 1 is 0.958 bits per heavy atom. The maximum absolute atomic E-state index is 12.3. The van der Waals surface area contributed by atoms with Gasteiger partial charge in [-0.1, -0.05) is 58.4 Å². The van der Waals surface area contributed by atoms with Gasteiger partial charge in [0.1, 0.15) is 0 Å². The van der Waals surface area contributed by atoms with Crippen LogP contribution in [0.4, 0.5) is 4.79 Å². The van der Waals surface area contributed by atoms with Gasteiger partial charge in [-0.3, -0.25) is 4.90 Å². The Balaban J connectivity index is 1.43. The summed E-state index contributed by atoms with van der Waals surface area (Å²) in [6.45, 7) is 4.89. The Kier molecular flexibility index (Phi) is 5.88. The fourth-order valence-corrected chi connectivity index (χ4v) is 3.33. The van der Waals surface area contributed by atoms with Crippen LogP contribution >= 0.6 is 15.9 Å². The van der Waals surface area contributed by atoms with Crippen LogP contribution < -0.4 is 5.32 Å². The summed E-state index contributed by atoms with van der Waals surface area (Å²) in [7, 11) is 0. The molecule has 3 rings (SSSR count). The Hall–Kier alpha value is -1.85. The molecule has 0 bridgehead atoms. The van der Waals surface area contributed by atoms with Crippen LogP contribution in [0.1, 0.15) is 11.1 Å². The van der Waals surface area contributed by atoms with Gasteiger partial charge in [0.15, 0.2) is 0 Å². The van der Waals surface area contributed by atoms with E-state index in [0.717, 1.165) is 42.8 Å². The van der Waals surface area contributed by atoms with E-state index < -0.39 is 0 Å². The molecule has 0 aliphatic carbocycles. The highest BCUT2D eigenvalue weighted by Gasteiger charge is 2.20.